The normalized spacial score (nSPS) is 14.7. The lowest BCUT2D eigenvalue weighted by molar-refractivity contribution is -0.137. The maximum Gasteiger partial charge on any atom is 0.302 e. The molecule has 2 heterocycles. The highest BCUT2D eigenvalue weighted by Gasteiger charge is 2.41. The summed E-state index contributed by atoms with van der Waals surface area (Å²) in [7, 11) is 0. The number of halogens is 5. The summed E-state index contributed by atoms with van der Waals surface area (Å²) in [6, 6.07) is 8.30. The average molecular weight is 518 g/mol. The fourth-order valence-electron chi connectivity index (χ4n) is 4.49. The fraction of sp³-hybridized carbons (Fsp3) is 0.320. The average Bonchev–Trinajstić information content (AvgIpc) is 3.24. The number of alkyl halides is 3. The molecular weight excluding hydrogens is 495 g/mol. The van der Waals surface area contributed by atoms with Crippen molar-refractivity contribution in [2.45, 2.75) is 31.9 Å². The highest BCUT2D eigenvalue weighted by Crippen LogP contribution is 2.40. The number of fused-ring (bicyclic) bond motifs is 1. The van der Waals surface area contributed by atoms with Crippen LogP contribution in [0.1, 0.15) is 30.8 Å². The molecule has 0 saturated carbocycles. The van der Waals surface area contributed by atoms with Crippen molar-refractivity contribution in [1.29, 1.82) is 5.26 Å². The van der Waals surface area contributed by atoms with E-state index in [0.717, 1.165) is 24.3 Å². The molecule has 2 aromatic carbocycles. The zero-order chi connectivity index (χ0) is 27.1. The van der Waals surface area contributed by atoms with Gasteiger partial charge in [-0.1, -0.05) is 0 Å². The molecule has 0 fully saturated rings. The Morgan fingerprint density at radius 1 is 1.19 bits per heavy atom. The third-order valence-electron chi connectivity index (χ3n) is 6.37. The van der Waals surface area contributed by atoms with E-state index in [9.17, 15) is 32.0 Å². The van der Waals surface area contributed by atoms with Crippen LogP contribution < -0.4 is 11.1 Å². The first-order valence-corrected chi connectivity index (χ1v) is 11.3. The van der Waals surface area contributed by atoms with E-state index in [4.69, 9.17) is 5.73 Å². The van der Waals surface area contributed by atoms with Crippen LogP contribution >= 0.6 is 0 Å². The smallest absolute Gasteiger partial charge is 0.302 e. The minimum atomic E-state index is -3.90. The van der Waals surface area contributed by atoms with Crippen molar-refractivity contribution in [1.82, 2.24) is 14.5 Å². The van der Waals surface area contributed by atoms with Crippen LogP contribution in [-0.4, -0.2) is 40.1 Å². The molecule has 12 heteroatoms. The van der Waals surface area contributed by atoms with E-state index in [-0.39, 0.29) is 53.9 Å². The van der Waals surface area contributed by atoms with E-state index in [2.05, 4.69) is 10.3 Å². The summed E-state index contributed by atoms with van der Waals surface area (Å²) in [5.74, 6) is -5.73. The number of amides is 1. The molecule has 0 bridgehead atoms. The van der Waals surface area contributed by atoms with Gasteiger partial charge in [0.15, 0.2) is 18.3 Å². The zero-order valence-corrected chi connectivity index (χ0v) is 20.0. The van der Waals surface area contributed by atoms with E-state index in [0.29, 0.717) is 5.82 Å². The van der Waals surface area contributed by atoms with Gasteiger partial charge >= 0.3 is 5.92 Å². The van der Waals surface area contributed by atoms with Gasteiger partial charge < -0.3 is 20.5 Å². The predicted molar refractivity (Wildman–Crippen MR) is 126 cm³/mol. The van der Waals surface area contributed by atoms with Crippen molar-refractivity contribution >= 4 is 17.4 Å². The first kappa shape index (κ1) is 26.1. The number of imidazole rings is 1. The minimum absolute atomic E-state index is 0.0897. The minimum Gasteiger partial charge on any atom is -0.340 e. The summed E-state index contributed by atoms with van der Waals surface area (Å²) in [5, 5.41) is 12.2. The van der Waals surface area contributed by atoms with Crippen LogP contribution in [0.3, 0.4) is 0 Å². The summed E-state index contributed by atoms with van der Waals surface area (Å²) in [6.45, 7) is 1.76. The molecule has 0 atom stereocenters. The van der Waals surface area contributed by atoms with Gasteiger partial charge in [0, 0.05) is 29.9 Å². The molecule has 0 saturated heterocycles. The number of carbonyl (C=O) groups excluding carboxylic acids is 1. The van der Waals surface area contributed by atoms with Crippen LogP contribution in [0.5, 0.6) is 0 Å². The number of rotatable bonds is 6. The molecule has 0 unspecified atom stereocenters. The zero-order valence-electron chi connectivity index (χ0n) is 20.0. The standard InChI is InChI=1S/C25H23F5N6O/c1-24(2)23-34-21(14-4-6-18(27)19(28)9-14)22(35(23)7-8-36(24)20(37)12-32)33-16-5-3-15(11-31)17(10-16)25(29,30)13-26/h3-6,9-10,33H,7-8,12-13,32H2,1-2H3. The molecule has 3 N–H and O–H groups in total. The number of nitriles is 1. The number of benzene rings is 2. The van der Waals surface area contributed by atoms with Crippen LogP contribution in [0.4, 0.5) is 33.5 Å². The molecule has 37 heavy (non-hydrogen) atoms. The first-order valence-electron chi connectivity index (χ1n) is 11.3. The van der Waals surface area contributed by atoms with Gasteiger partial charge in [0.25, 0.3) is 0 Å². The molecule has 7 nitrogen and oxygen atoms in total. The van der Waals surface area contributed by atoms with Gasteiger partial charge in [-0.15, -0.1) is 0 Å². The van der Waals surface area contributed by atoms with E-state index >= 15 is 0 Å². The van der Waals surface area contributed by atoms with Gasteiger partial charge in [0.2, 0.25) is 5.91 Å². The lowest BCUT2D eigenvalue weighted by atomic mass is 9.99. The molecule has 1 aromatic heterocycles. The van der Waals surface area contributed by atoms with Gasteiger partial charge in [0.1, 0.15) is 17.3 Å². The first-order chi connectivity index (χ1) is 17.4. The predicted octanol–water partition coefficient (Wildman–Crippen LogP) is 4.54. The monoisotopic (exact) mass is 518 g/mol. The number of carbonyl (C=O) groups is 1. The van der Waals surface area contributed by atoms with Gasteiger partial charge in [-0.25, -0.2) is 18.2 Å². The maximum absolute atomic E-state index is 14.2. The summed E-state index contributed by atoms with van der Waals surface area (Å²) in [5.41, 5.74) is 3.88. The quantitative estimate of drug-likeness (QED) is 0.467. The summed E-state index contributed by atoms with van der Waals surface area (Å²) >= 11 is 0. The van der Waals surface area contributed by atoms with E-state index < -0.39 is 35.3 Å². The largest absolute Gasteiger partial charge is 0.340 e. The van der Waals surface area contributed by atoms with Crippen molar-refractivity contribution in [3.8, 4) is 17.3 Å². The molecule has 0 radical (unpaired) electrons. The number of aromatic nitrogens is 2. The molecule has 0 aliphatic carbocycles. The summed E-state index contributed by atoms with van der Waals surface area (Å²) in [4.78, 5) is 18.7. The van der Waals surface area contributed by atoms with Crippen LogP contribution in [0.15, 0.2) is 36.4 Å². The highest BCUT2D eigenvalue weighted by atomic mass is 19.3. The second kappa shape index (κ2) is 9.48. The van der Waals surface area contributed by atoms with Crippen LogP contribution in [-0.2, 0) is 22.8 Å². The molecule has 0 spiro atoms. The topological polar surface area (TPSA) is 100.0 Å². The molecule has 194 valence electrons. The van der Waals surface area contributed by atoms with Crippen LogP contribution in [0, 0.1) is 23.0 Å². The van der Waals surface area contributed by atoms with Crippen molar-refractivity contribution in [2.24, 2.45) is 5.73 Å². The highest BCUT2D eigenvalue weighted by molar-refractivity contribution is 5.80. The Kier molecular flexibility index (Phi) is 6.68. The molecule has 4 rings (SSSR count). The summed E-state index contributed by atoms with van der Waals surface area (Å²) < 4.78 is 71.1. The number of anilines is 2. The molecule has 3 aromatic rings. The second-order valence-electron chi connectivity index (χ2n) is 9.06. The Labute approximate surface area is 209 Å². The van der Waals surface area contributed by atoms with E-state index in [1.807, 2.05) is 0 Å². The molecule has 1 amide bonds. The molecular formula is C25H23F5N6O. The van der Waals surface area contributed by atoms with Crippen molar-refractivity contribution in [2.75, 3.05) is 25.1 Å². The number of hydrogen-bond acceptors (Lipinski definition) is 5. The van der Waals surface area contributed by atoms with E-state index in [1.54, 1.807) is 29.4 Å². The number of hydrogen-bond donors (Lipinski definition) is 2. The Morgan fingerprint density at radius 2 is 1.92 bits per heavy atom. The van der Waals surface area contributed by atoms with Crippen molar-refractivity contribution in [3.63, 3.8) is 0 Å². The fourth-order valence-corrected chi connectivity index (χ4v) is 4.49. The number of nitrogens with one attached hydrogen (secondary N) is 1. The maximum atomic E-state index is 14.2. The van der Waals surface area contributed by atoms with Gasteiger partial charge in [-0.05, 0) is 50.2 Å². The Morgan fingerprint density at radius 3 is 2.54 bits per heavy atom. The van der Waals surface area contributed by atoms with Gasteiger partial charge in [0.05, 0.1) is 23.7 Å². The van der Waals surface area contributed by atoms with Crippen LogP contribution in [0.2, 0.25) is 0 Å². The van der Waals surface area contributed by atoms with E-state index in [1.165, 1.54) is 12.1 Å². The Bertz CT molecular complexity index is 1410. The van der Waals surface area contributed by atoms with Crippen LogP contribution in [0.25, 0.3) is 11.3 Å². The van der Waals surface area contributed by atoms with Gasteiger partial charge in [-0.2, -0.15) is 14.0 Å². The molecule has 1 aliphatic rings. The Balaban J connectivity index is 1.90. The third-order valence-corrected chi connectivity index (χ3v) is 6.37. The second-order valence-corrected chi connectivity index (χ2v) is 9.06. The summed E-state index contributed by atoms with van der Waals surface area (Å²) in [6.07, 6.45) is 0. The van der Waals surface area contributed by atoms with Crippen molar-refractivity contribution in [3.05, 3.63) is 65.0 Å². The number of nitrogens with two attached hydrogens (primary N) is 1. The lowest BCUT2D eigenvalue weighted by Gasteiger charge is -2.42. The SMILES string of the molecule is CC1(C)c2nc(-c3ccc(F)c(F)c3)c(Nc3ccc(C#N)c(C(F)(F)CF)c3)n2CCN1C(=O)CN. The third kappa shape index (κ3) is 4.51. The van der Waals surface area contributed by atoms with Gasteiger partial charge in [-0.3, -0.25) is 4.79 Å². The lowest BCUT2D eigenvalue weighted by Crippen LogP contribution is -2.53. The number of nitrogens with zero attached hydrogens (tertiary/aromatic N) is 4. The van der Waals surface area contributed by atoms with Crippen molar-refractivity contribution < 1.29 is 26.7 Å². The Hall–Kier alpha value is -3.98. The molecule has 1 aliphatic heterocycles.